The lowest BCUT2D eigenvalue weighted by Gasteiger charge is -2.51. The molecule has 5 aromatic rings. The van der Waals surface area contributed by atoms with Gasteiger partial charge in [0.05, 0.1) is 42.9 Å². The first-order valence-corrected chi connectivity index (χ1v) is 28.0. The van der Waals surface area contributed by atoms with Gasteiger partial charge in [-0.3, -0.25) is 14.9 Å². The quantitative estimate of drug-likeness (QED) is 0.0307. The van der Waals surface area contributed by atoms with Gasteiger partial charge in [-0.2, -0.15) is 0 Å². The minimum atomic E-state index is -1.35. The van der Waals surface area contributed by atoms with Crippen LogP contribution in [-0.4, -0.2) is 129 Å². The molecular formula is C62H69NO19. The van der Waals surface area contributed by atoms with Crippen LogP contribution in [0.3, 0.4) is 0 Å². The molecular weight excluding hydrogens is 1060 g/mol. The fraction of sp³-hybridized carbons (Fsp3) is 0.484. The zero-order chi connectivity index (χ0) is 56.7. The number of nitrogens with zero attached hydrogens (tertiary/aromatic N) is 1. The molecule has 6 aliphatic heterocycles. The molecule has 0 amide bonds. The summed E-state index contributed by atoms with van der Waals surface area (Å²) in [4.78, 5) is 38.4. The summed E-state index contributed by atoms with van der Waals surface area (Å²) >= 11 is 0. The van der Waals surface area contributed by atoms with Crippen LogP contribution < -0.4 is 0 Å². The van der Waals surface area contributed by atoms with Gasteiger partial charge >= 0.3 is 12.1 Å². The van der Waals surface area contributed by atoms with Crippen molar-refractivity contribution in [1.29, 1.82) is 0 Å². The number of hydrogen-bond acceptors (Lipinski definition) is 19. The molecule has 17 atom stereocenters. The smallest absolute Gasteiger partial charge is 0.454 e. The number of esters is 1. The SMILES string of the molecule is CC1OC(OC2C3OC(c4ccccc4)OCC3OC(OCCCCc3ccc([N+](=O)[O-])cc3)C2OC(=O)C(C)(C)C)C2OC(=O)OC2C1OC1OC2COC(c3ccccc3)OC2C(OCc2ccccc2)C1OCc1ccccc1. The summed E-state index contributed by atoms with van der Waals surface area (Å²) in [5, 5.41) is 11.2. The standard InChI is InChI=1S/C62H69NO19/c1-37-46(76-58-52(70-34-40-22-11-6-12-23-40)49(69-33-39-20-9-5-10-21-39)47-44(75-58)35-71-55(77-47)41-24-13-7-14-25-41)50-54(82-61(65)81-50)59(73-37)79-51-48-45(36-72-56(78-48)42-26-15-8-16-27-42)74-57(53(51)80-60(64)62(2,3)4)68-32-18-17-19-38-28-30-43(31-29-38)63(66)67/h5-16,20-31,37,44-59H,17-19,32-36H2,1-4H3. The Bertz CT molecular complexity index is 2860. The van der Waals surface area contributed by atoms with Gasteiger partial charge in [-0.25, -0.2) is 4.79 Å². The second-order valence-corrected chi connectivity index (χ2v) is 22.2. The van der Waals surface area contributed by atoms with E-state index in [9.17, 15) is 19.7 Å². The summed E-state index contributed by atoms with van der Waals surface area (Å²) in [5.41, 5.74) is 3.35. The number of aryl methyl sites for hydroxylation is 1. The second kappa shape index (κ2) is 26.1. The molecule has 0 saturated carbocycles. The monoisotopic (exact) mass is 1130 g/mol. The average molecular weight is 1130 g/mol. The van der Waals surface area contributed by atoms with Crippen molar-refractivity contribution in [2.24, 2.45) is 5.41 Å². The summed E-state index contributed by atoms with van der Waals surface area (Å²) in [7, 11) is 0. The van der Waals surface area contributed by atoms with E-state index in [1.165, 1.54) is 12.1 Å². The number of nitro groups is 1. The van der Waals surface area contributed by atoms with E-state index in [0.717, 1.165) is 27.8 Å². The zero-order valence-electron chi connectivity index (χ0n) is 46.0. The minimum absolute atomic E-state index is 0.0155. The number of rotatable bonds is 20. The molecule has 0 radical (unpaired) electrons. The van der Waals surface area contributed by atoms with Crippen molar-refractivity contribution in [3.8, 4) is 0 Å². The van der Waals surface area contributed by atoms with E-state index >= 15 is 0 Å². The number of carbonyl (C=O) groups excluding carboxylic acids is 2. The molecule has 0 bridgehead atoms. The molecule has 0 N–H and O–H groups in total. The van der Waals surface area contributed by atoms with E-state index in [2.05, 4.69) is 0 Å². The summed E-state index contributed by atoms with van der Waals surface area (Å²) in [5.74, 6) is -0.569. The Morgan fingerprint density at radius 2 is 1.07 bits per heavy atom. The third-order valence-corrected chi connectivity index (χ3v) is 15.2. The maximum atomic E-state index is 14.0. The number of fused-ring (bicyclic) bond motifs is 3. The van der Waals surface area contributed by atoms with E-state index in [-0.39, 0.29) is 38.7 Å². The molecule has 82 heavy (non-hydrogen) atoms. The topological polar surface area (TPSA) is 216 Å². The minimum Gasteiger partial charge on any atom is -0.454 e. The largest absolute Gasteiger partial charge is 0.509 e. The average Bonchev–Trinajstić information content (AvgIpc) is 3.71. The third-order valence-electron chi connectivity index (χ3n) is 15.2. The normalized spacial score (nSPS) is 32.5. The van der Waals surface area contributed by atoms with Crippen molar-refractivity contribution >= 4 is 17.8 Å². The molecule has 6 aliphatic rings. The summed E-state index contributed by atoms with van der Waals surface area (Å²) in [6.45, 7) is 7.67. The van der Waals surface area contributed by atoms with E-state index in [4.69, 9.17) is 71.1 Å². The first-order valence-electron chi connectivity index (χ1n) is 28.0. The lowest BCUT2D eigenvalue weighted by molar-refractivity contribution is -0.401. The first kappa shape index (κ1) is 57.6. The van der Waals surface area contributed by atoms with Crippen molar-refractivity contribution in [2.75, 3.05) is 19.8 Å². The molecule has 0 aliphatic carbocycles. The predicted octanol–water partition coefficient (Wildman–Crippen LogP) is 9.16. The summed E-state index contributed by atoms with van der Waals surface area (Å²) in [6.07, 6.45) is -16.0. The molecule has 17 unspecified atom stereocenters. The maximum Gasteiger partial charge on any atom is 0.509 e. The van der Waals surface area contributed by atoms with Gasteiger partial charge in [-0.15, -0.1) is 0 Å². The second-order valence-electron chi connectivity index (χ2n) is 22.2. The Balaban J connectivity index is 0.865. The van der Waals surface area contributed by atoms with Crippen LogP contribution >= 0.6 is 0 Å². The highest BCUT2D eigenvalue weighted by Gasteiger charge is 2.61. The van der Waals surface area contributed by atoms with Gasteiger partial charge < -0.3 is 71.1 Å². The van der Waals surface area contributed by atoms with Crippen LogP contribution in [0.15, 0.2) is 146 Å². The predicted molar refractivity (Wildman–Crippen MR) is 288 cm³/mol. The molecule has 20 nitrogen and oxygen atoms in total. The molecule has 6 saturated heterocycles. The molecule has 6 heterocycles. The van der Waals surface area contributed by atoms with Crippen LogP contribution in [0, 0.1) is 15.5 Å². The van der Waals surface area contributed by atoms with Gasteiger partial charge in [0.15, 0.2) is 49.8 Å². The highest BCUT2D eigenvalue weighted by Crippen LogP contribution is 2.43. The summed E-state index contributed by atoms with van der Waals surface area (Å²) in [6, 6.07) is 44.9. The van der Waals surface area contributed by atoms with E-state index in [0.29, 0.717) is 19.3 Å². The van der Waals surface area contributed by atoms with Crippen LogP contribution in [0.2, 0.25) is 0 Å². The van der Waals surface area contributed by atoms with Crippen LogP contribution in [0.5, 0.6) is 0 Å². The maximum absolute atomic E-state index is 14.0. The fourth-order valence-electron chi connectivity index (χ4n) is 10.9. The molecule has 20 heteroatoms. The van der Waals surface area contributed by atoms with Crippen molar-refractivity contribution in [2.45, 2.75) is 165 Å². The zero-order valence-corrected chi connectivity index (χ0v) is 46.0. The lowest BCUT2D eigenvalue weighted by Crippen LogP contribution is -2.67. The number of non-ortho nitro benzene ring substituents is 1. The fourth-order valence-corrected chi connectivity index (χ4v) is 10.9. The van der Waals surface area contributed by atoms with E-state index in [1.54, 1.807) is 39.8 Å². The highest BCUT2D eigenvalue weighted by molar-refractivity contribution is 5.75. The van der Waals surface area contributed by atoms with Crippen molar-refractivity contribution < 1.29 is 85.6 Å². The van der Waals surface area contributed by atoms with Crippen LogP contribution in [0.25, 0.3) is 0 Å². The number of ether oxygens (including phenoxy) is 15. The Morgan fingerprint density at radius 3 is 1.65 bits per heavy atom. The molecule has 5 aromatic carbocycles. The van der Waals surface area contributed by atoms with Gasteiger partial charge in [-0.05, 0) is 63.6 Å². The number of hydrogen-bond donors (Lipinski definition) is 0. The van der Waals surface area contributed by atoms with Gasteiger partial charge in [0.2, 0.25) is 0 Å². The molecule has 436 valence electrons. The van der Waals surface area contributed by atoms with Crippen molar-refractivity contribution in [3.05, 3.63) is 184 Å². The number of benzene rings is 5. The molecule has 11 rings (SSSR count). The van der Waals surface area contributed by atoms with Crippen LogP contribution in [0.4, 0.5) is 10.5 Å². The Morgan fingerprint density at radius 1 is 0.549 bits per heavy atom. The third kappa shape index (κ3) is 13.5. The van der Waals surface area contributed by atoms with Crippen LogP contribution in [-0.2, 0) is 95.5 Å². The number of carbonyl (C=O) groups is 2. The molecule has 0 spiro atoms. The highest BCUT2D eigenvalue weighted by atomic mass is 16.8. The Labute approximate surface area is 475 Å². The van der Waals surface area contributed by atoms with Gasteiger partial charge in [0, 0.05) is 29.9 Å². The number of nitro benzene ring substituents is 1. The van der Waals surface area contributed by atoms with Crippen molar-refractivity contribution in [3.63, 3.8) is 0 Å². The molecule has 0 aromatic heterocycles. The van der Waals surface area contributed by atoms with E-state index < -0.39 is 127 Å². The van der Waals surface area contributed by atoms with Gasteiger partial charge in [0.1, 0.15) is 48.8 Å². The van der Waals surface area contributed by atoms with Gasteiger partial charge in [0.25, 0.3) is 5.69 Å². The van der Waals surface area contributed by atoms with Crippen LogP contribution in [0.1, 0.15) is 80.9 Å². The van der Waals surface area contributed by atoms with Gasteiger partial charge in [-0.1, -0.05) is 133 Å². The first-order chi connectivity index (χ1) is 39.8. The van der Waals surface area contributed by atoms with E-state index in [1.807, 2.05) is 121 Å². The Kier molecular flexibility index (Phi) is 18.3. The summed E-state index contributed by atoms with van der Waals surface area (Å²) < 4.78 is 98.8. The number of unbranched alkanes of at least 4 members (excludes halogenated alkanes) is 1. The Hall–Kier alpha value is -6.24. The molecule has 6 fully saturated rings. The lowest BCUT2D eigenvalue weighted by atomic mass is 9.94. The van der Waals surface area contributed by atoms with Crippen molar-refractivity contribution in [1.82, 2.24) is 0 Å².